The molecule has 9 N–H and O–H groups in total. The minimum absolute atomic E-state index is 0.0349. The maximum absolute atomic E-state index is 12.4. The molecule has 0 aromatic heterocycles. The SMILES string of the molecule is CC.CS.NS.[B]C(=O)C(Cc1ccc(O)cc1)NC(=O)COCCOCCNC(=O)COCCOCCNC(=O)CC[C@H](NC(=O)CCCCCCCCCCCCCCCCCCC(=O)O)C(=O)O. The van der Waals surface area contributed by atoms with E-state index in [-0.39, 0.29) is 122 Å². The number of carbonyl (C=O) groups is 7. The highest BCUT2D eigenvalue weighted by molar-refractivity contribution is 7.79. The molecule has 2 atom stereocenters. The van der Waals surface area contributed by atoms with Gasteiger partial charge in [0.05, 0.1) is 51.4 Å². The van der Waals surface area contributed by atoms with Gasteiger partial charge in [0.15, 0.2) is 7.85 Å². The molecule has 1 unspecified atom stereocenters. The van der Waals surface area contributed by atoms with Crippen LogP contribution in [0.25, 0.3) is 0 Å². The number of carboxylic acid groups (broad SMARTS) is 2. The van der Waals surface area contributed by atoms with Crippen molar-refractivity contribution in [3.63, 3.8) is 0 Å². The molecule has 0 heterocycles. The highest BCUT2D eigenvalue weighted by atomic mass is 32.1. The summed E-state index contributed by atoms with van der Waals surface area (Å²) in [6.07, 6.45) is 20.0. The van der Waals surface area contributed by atoms with Crippen LogP contribution in [-0.4, -0.2) is 149 Å². The maximum Gasteiger partial charge on any atom is 0.326 e. The Morgan fingerprint density at radius 3 is 1.37 bits per heavy atom. The van der Waals surface area contributed by atoms with Gasteiger partial charge in [-0.05, 0) is 49.6 Å². The van der Waals surface area contributed by atoms with Crippen LogP contribution in [-0.2, 0) is 58.9 Å². The molecular formula is C49H88BN5O14S2. The average Bonchev–Trinajstić information content (AvgIpc) is 3.36. The van der Waals surface area contributed by atoms with E-state index in [1.165, 1.54) is 69.9 Å². The Morgan fingerprint density at radius 2 is 0.930 bits per heavy atom. The van der Waals surface area contributed by atoms with Crippen molar-refractivity contribution in [3.05, 3.63) is 29.8 Å². The molecule has 1 rings (SSSR count). The van der Waals surface area contributed by atoms with E-state index >= 15 is 0 Å². The minimum Gasteiger partial charge on any atom is -0.508 e. The lowest BCUT2D eigenvalue weighted by Gasteiger charge is -2.16. The number of phenolic OH excluding ortho intramolecular Hbond substituents is 1. The van der Waals surface area contributed by atoms with Crippen LogP contribution in [0.5, 0.6) is 5.75 Å². The predicted octanol–water partition coefficient (Wildman–Crippen LogP) is 5.23. The summed E-state index contributed by atoms with van der Waals surface area (Å²) in [7, 11) is 5.39. The molecule has 4 amide bonds. The van der Waals surface area contributed by atoms with Gasteiger partial charge in [-0.25, -0.2) is 4.79 Å². The van der Waals surface area contributed by atoms with E-state index in [1.807, 2.05) is 13.8 Å². The van der Waals surface area contributed by atoms with Crippen LogP contribution in [0, 0.1) is 0 Å². The van der Waals surface area contributed by atoms with Gasteiger partial charge in [-0.1, -0.05) is 116 Å². The summed E-state index contributed by atoms with van der Waals surface area (Å²) < 4.78 is 21.3. The number of benzene rings is 1. The summed E-state index contributed by atoms with van der Waals surface area (Å²) in [5.74, 6) is -3.39. The van der Waals surface area contributed by atoms with Crippen LogP contribution in [0.2, 0.25) is 0 Å². The first-order valence-electron chi connectivity index (χ1n) is 25.0. The maximum atomic E-state index is 12.4. The van der Waals surface area contributed by atoms with Gasteiger partial charge in [0.2, 0.25) is 23.6 Å². The number of aliphatic carboxylic acids is 2. The van der Waals surface area contributed by atoms with Gasteiger partial charge in [-0.3, -0.25) is 29.1 Å². The minimum atomic E-state index is -1.19. The fourth-order valence-corrected chi connectivity index (χ4v) is 6.60. The first-order chi connectivity index (χ1) is 34.4. The van der Waals surface area contributed by atoms with Crippen LogP contribution in [0.15, 0.2) is 24.3 Å². The second kappa shape index (κ2) is 53.9. The van der Waals surface area contributed by atoms with Crippen LogP contribution < -0.4 is 26.4 Å². The molecule has 0 spiro atoms. The Hall–Kier alpha value is -3.93. The van der Waals surface area contributed by atoms with E-state index in [9.17, 15) is 43.8 Å². The average molecular weight is 1050 g/mol. The standard InChI is InChI=1S/C46H75BN4O14.C2H6.CH4S.H3NS/c47-45(59)39(33-36-19-21-37(52)22-20-36)51-43(56)35-65-32-30-63-28-26-49-42(55)34-64-31-29-62-27-25-48-40(53)24-23-38(46(60)61)50-41(54)17-15-13-11-9-7-5-3-1-2-4-6-8-10-12-14-16-18-44(57)58;3*1-2/h19-22,38-39,52H,1-18,23-35H2,(H,48,53)(H,49,55)(H,50,54)(H,51,56)(H,57,58)(H,60,61);1-2H3;2H,1H3;2H,1H2/t38-,39?;;;/m0.../s1. The number of nitrogens with two attached hydrogens (primary N) is 1. The number of carboxylic acids is 2. The summed E-state index contributed by atoms with van der Waals surface area (Å²) in [6, 6.07) is 4.10. The highest BCUT2D eigenvalue weighted by Gasteiger charge is 2.21. The first kappa shape index (κ1) is 71.3. The smallest absolute Gasteiger partial charge is 0.326 e. The van der Waals surface area contributed by atoms with Crippen LogP contribution >= 0.6 is 25.4 Å². The Labute approximate surface area is 435 Å². The molecule has 2 radical (unpaired) electrons. The van der Waals surface area contributed by atoms with Crippen molar-refractivity contribution in [2.24, 2.45) is 5.14 Å². The fourth-order valence-electron chi connectivity index (χ4n) is 6.60. The molecule has 19 nitrogen and oxygen atoms in total. The van der Waals surface area contributed by atoms with Crippen LogP contribution in [0.4, 0.5) is 0 Å². The molecule has 0 aliphatic carbocycles. The van der Waals surface area contributed by atoms with Crippen molar-refractivity contribution in [1.82, 2.24) is 21.3 Å². The van der Waals surface area contributed by atoms with E-state index in [4.69, 9.17) is 31.9 Å². The summed E-state index contributed by atoms with van der Waals surface area (Å²) in [5, 5.41) is 42.1. The molecule has 0 fully saturated rings. The predicted molar refractivity (Wildman–Crippen MR) is 283 cm³/mol. The highest BCUT2D eigenvalue weighted by Crippen LogP contribution is 2.15. The van der Waals surface area contributed by atoms with Gasteiger partial charge in [0.1, 0.15) is 25.0 Å². The summed E-state index contributed by atoms with van der Waals surface area (Å²) in [6.45, 7) is 4.90. The van der Waals surface area contributed by atoms with Crippen molar-refractivity contribution in [2.45, 2.75) is 161 Å². The summed E-state index contributed by atoms with van der Waals surface area (Å²) >= 11 is 6.56. The van der Waals surface area contributed by atoms with E-state index in [1.54, 1.807) is 18.4 Å². The van der Waals surface area contributed by atoms with Gasteiger partial charge in [0.25, 0.3) is 0 Å². The molecule has 22 heteroatoms. The number of carbonyl (C=O) groups excluding carboxylic acids is 5. The zero-order chi connectivity index (χ0) is 53.8. The second-order valence-electron chi connectivity index (χ2n) is 16.0. The van der Waals surface area contributed by atoms with Crippen molar-refractivity contribution in [3.8, 4) is 5.75 Å². The Bertz CT molecular complexity index is 1500. The van der Waals surface area contributed by atoms with Gasteiger partial charge in [-0.15, -0.1) is 12.8 Å². The number of rotatable bonds is 44. The number of hydrogen-bond acceptors (Lipinski definition) is 15. The number of thiol groups is 2. The third-order valence-electron chi connectivity index (χ3n) is 10.2. The molecule has 1 aromatic rings. The topological polar surface area (TPSA) is 291 Å². The van der Waals surface area contributed by atoms with E-state index in [2.05, 4.69) is 51.8 Å². The quantitative estimate of drug-likeness (QED) is 0.0227. The van der Waals surface area contributed by atoms with E-state index in [0.717, 1.165) is 38.5 Å². The third kappa shape index (κ3) is 49.4. The van der Waals surface area contributed by atoms with E-state index in [0.29, 0.717) is 12.0 Å². The van der Waals surface area contributed by atoms with Gasteiger partial charge in [-0.2, -0.15) is 12.6 Å². The Kier molecular flexibility index (Phi) is 54.1. The number of nitrogens with one attached hydrogen (secondary N) is 4. The van der Waals surface area contributed by atoms with Crippen LogP contribution in [0.3, 0.4) is 0 Å². The Balaban J connectivity index is -0.00000740. The van der Waals surface area contributed by atoms with Gasteiger partial charge in [0, 0.05) is 32.4 Å². The molecule has 0 aliphatic heterocycles. The molecule has 1 aromatic carbocycles. The third-order valence-corrected chi connectivity index (χ3v) is 10.2. The second-order valence-corrected chi connectivity index (χ2v) is 16.0. The number of unbranched alkanes of at least 4 members (excludes halogenated alkanes) is 15. The zero-order valence-electron chi connectivity index (χ0n) is 42.8. The number of amides is 4. The van der Waals surface area contributed by atoms with E-state index < -0.39 is 35.6 Å². The molecule has 0 aliphatic rings. The largest absolute Gasteiger partial charge is 0.508 e. The van der Waals surface area contributed by atoms with Crippen molar-refractivity contribution in [2.75, 3.05) is 72.2 Å². The normalized spacial score (nSPS) is 11.2. The van der Waals surface area contributed by atoms with Gasteiger partial charge < -0.3 is 60.3 Å². The lowest BCUT2D eigenvalue weighted by molar-refractivity contribution is -0.142. The van der Waals surface area contributed by atoms with Gasteiger partial charge >= 0.3 is 11.9 Å². The van der Waals surface area contributed by atoms with Crippen molar-refractivity contribution in [1.29, 1.82) is 0 Å². The number of aromatic hydroxyl groups is 1. The molecule has 408 valence electrons. The van der Waals surface area contributed by atoms with Crippen molar-refractivity contribution >= 4 is 74.5 Å². The lowest BCUT2D eigenvalue weighted by Crippen LogP contribution is -2.44. The number of ether oxygens (including phenoxy) is 4. The lowest BCUT2D eigenvalue weighted by atomic mass is 9.90. The molecular weight excluding hydrogens is 958 g/mol. The summed E-state index contributed by atoms with van der Waals surface area (Å²) in [4.78, 5) is 82.6. The zero-order valence-corrected chi connectivity index (χ0v) is 44.6. The van der Waals surface area contributed by atoms with Crippen molar-refractivity contribution < 1.29 is 67.8 Å². The van der Waals surface area contributed by atoms with Crippen LogP contribution in [0.1, 0.15) is 148 Å². The molecule has 0 bridgehead atoms. The Morgan fingerprint density at radius 1 is 0.535 bits per heavy atom. The monoisotopic (exact) mass is 1050 g/mol. The molecule has 0 saturated heterocycles. The first-order valence-corrected chi connectivity index (χ1v) is 26.4. The number of hydrogen-bond donors (Lipinski definition) is 10. The number of phenols is 1. The molecule has 71 heavy (non-hydrogen) atoms. The molecule has 0 saturated carbocycles. The fraction of sp³-hybridized carbons (Fsp3) is 0.735. The summed E-state index contributed by atoms with van der Waals surface area (Å²) in [5.41, 5.74) is 0.00778.